The number of aliphatic hydroxyl groups is 1. The van der Waals surface area contributed by atoms with Gasteiger partial charge in [0, 0.05) is 13.1 Å². The molecule has 0 saturated carbocycles. The Morgan fingerprint density at radius 1 is 1.40 bits per heavy atom. The zero-order valence-corrected chi connectivity index (χ0v) is 13.2. The van der Waals surface area contributed by atoms with E-state index in [2.05, 4.69) is 24.3 Å². The molecule has 1 aromatic rings. The second-order valence-corrected chi connectivity index (χ2v) is 5.54. The van der Waals surface area contributed by atoms with Crippen molar-refractivity contribution in [2.24, 2.45) is 0 Å². The van der Waals surface area contributed by atoms with E-state index >= 15 is 0 Å². The van der Waals surface area contributed by atoms with E-state index in [9.17, 15) is 9.90 Å². The monoisotopic (exact) mass is 281 g/mol. The van der Waals surface area contributed by atoms with Gasteiger partial charge in [-0.3, -0.25) is 9.48 Å². The van der Waals surface area contributed by atoms with Crippen molar-refractivity contribution in [2.75, 3.05) is 6.54 Å². The highest BCUT2D eigenvalue weighted by molar-refractivity contribution is 5.92. The van der Waals surface area contributed by atoms with Gasteiger partial charge in [-0.25, -0.2) is 0 Å². The van der Waals surface area contributed by atoms with Gasteiger partial charge in [0.2, 0.25) is 0 Å². The summed E-state index contributed by atoms with van der Waals surface area (Å²) in [6.45, 7) is 10.8. The lowest BCUT2D eigenvalue weighted by Gasteiger charge is -2.25. The number of aromatic nitrogens is 2. The molecule has 114 valence electrons. The van der Waals surface area contributed by atoms with Crippen LogP contribution < -0.4 is 5.32 Å². The molecule has 0 aliphatic carbocycles. The molecule has 0 radical (unpaired) electrons. The normalized spacial score (nSPS) is 11.9. The van der Waals surface area contributed by atoms with Gasteiger partial charge in [0.05, 0.1) is 11.3 Å². The average molecular weight is 281 g/mol. The van der Waals surface area contributed by atoms with Crippen LogP contribution in [0.5, 0.6) is 0 Å². The van der Waals surface area contributed by atoms with Crippen LogP contribution in [0.2, 0.25) is 0 Å². The van der Waals surface area contributed by atoms with Gasteiger partial charge in [0.25, 0.3) is 5.91 Å². The van der Waals surface area contributed by atoms with Gasteiger partial charge in [-0.1, -0.05) is 27.7 Å². The molecule has 0 bridgehead atoms. The lowest BCUT2D eigenvalue weighted by molar-refractivity contribution is 0.0312. The molecule has 0 saturated heterocycles. The summed E-state index contributed by atoms with van der Waals surface area (Å²) in [7, 11) is 0. The zero-order valence-electron chi connectivity index (χ0n) is 13.2. The topological polar surface area (TPSA) is 67.2 Å². The van der Waals surface area contributed by atoms with E-state index in [4.69, 9.17) is 0 Å². The predicted molar refractivity (Wildman–Crippen MR) is 79.9 cm³/mol. The molecule has 0 atom stereocenters. The third kappa shape index (κ3) is 3.82. The standard InChI is InChI=1S/C15H27N3O2/c1-6-15(20,7-2)10-16-14(19)13-9-12(11(4)5)17-18(13)8-3/h9,11,20H,6-8,10H2,1-5H3,(H,16,19). The predicted octanol–water partition coefficient (Wildman–Crippen LogP) is 2.31. The third-order valence-corrected chi connectivity index (χ3v) is 3.82. The summed E-state index contributed by atoms with van der Waals surface area (Å²) in [6, 6.07) is 1.83. The summed E-state index contributed by atoms with van der Waals surface area (Å²) < 4.78 is 1.71. The number of carbonyl (C=O) groups is 1. The van der Waals surface area contributed by atoms with Gasteiger partial charge in [-0.05, 0) is 31.7 Å². The van der Waals surface area contributed by atoms with Gasteiger partial charge in [-0.2, -0.15) is 5.10 Å². The van der Waals surface area contributed by atoms with Crippen molar-refractivity contribution in [3.8, 4) is 0 Å². The fraction of sp³-hybridized carbons (Fsp3) is 0.733. The molecule has 1 aromatic heterocycles. The van der Waals surface area contributed by atoms with E-state index in [1.54, 1.807) is 4.68 Å². The molecule has 1 heterocycles. The number of hydrogen-bond acceptors (Lipinski definition) is 3. The molecular weight excluding hydrogens is 254 g/mol. The highest BCUT2D eigenvalue weighted by atomic mass is 16.3. The minimum Gasteiger partial charge on any atom is -0.388 e. The largest absolute Gasteiger partial charge is 0.388 e. The van der Waals surface area contributed by atoms with Crippen LogP contribution in [-0.4, -0.2) is 32.9 Å². The maximum Gasteiger partial charge on any atom is 0.269 e. The number of nitrogens with zero attached hydrogens (tertiary/aromatic N) is 2. The van der Waals surface area contributed by atoms with Crippen molar-refractivity contribution in [3.63, 3.8) is 0 Å². The lowest BCUT2D eigenvalue weighted by atomic mass is 9.97. The maximum absolute atomic E-state index is 12.3. The third-order valence-electron chi connectivity index (χ3n) is 3.82. The summed E-state index contributed by atoms with van der Waals surface area (Å²) in [5.41, 5.74) is 0.650. The quantitative estimate of drug-likeness (QED) is 0.806. The molecule has 0 aliphatic rings. The van der Waals surface area contributed by atoms with Crippen LogP contribution >= 0.6 is 0 Å². The van der Waals surface area contributed by atoms with E-state index < -0.39 is 5.60 Å². The fourth-order valence-electron chi connectivity index (χ4n) is 1.98. The van der Waals surface area contributed by atoms with E-state index in [0.717, 1.165) is 5.69 Å². The van der Waals surface area contributed by atoms with E-state index in [1.165, 1.54) is 0 Å². The molecule has 0 unspecified atom stereocenters. The molecule has 5 heteroatoms. The first-order valence-electron chi connectivity index (χ1n) is 7.45. The highest BCUT2D eigenvalue weighted by Crippen LogP contribution is 2.16. The summed E-state index contributed by atoms with van der Waals surface area (Å²) in [4.78, 5) is 12.3. The Morgan fingerprint density at radius 2 is 2.00 bits per heavy atom. The smallest absolute Gasteiger partial charge is 0.269 e. The van der Waals surface area contributed by atoms with Crippen LogP contribution in [-0.2, 0) is 6.54 Å². The number of rotatable bonds is 7. The minimum atomic E-state index is -0.826. The van der Waals surface area contributed by atoms with Crippen LogP contribution in [0.15, 0.2) is 6.07 Å². The maximum atomic E-state index is 12.3. The molecule has 0 fully saturated rings. The van der Waals surface area contributed by atoms with E-state index in [-0.39, 0.29) is 18.4 Å². The average Bonchev–Trinajstić information content (AvgIpc) is 2.89. The first kappa shape index (κ1) is 16.7. The van der Waals surface area contributed by atoms with Crippen molar-refractivity contribution < 1.29 is 9.90 Å². The number of aryl methyl sites for hydroxylation is 1. The molecule has 0 aromatic carbocycles. The molecule has 0 aliphatic heterocycles. The highest BCUT2D eigenvalue weighted by Gasteiger charge is 2.24. The number of amides is 1. The molecule has 20 heavy (non-hydrogen) atoms. The Labute approximate surface area is 121 Å². The molecule has 2 N–H and O–H groups in total. The number of nitrogens with one attached hydrogen (secondary N) is 1. The first-order valence-corrected chi connectivity index (χ1v) is 7.45. The second kappa shape index (κ2) is 6.88. The Hall–Kier alpha value is -1.36. The minimum absolute atomic E-state index is 0.174. The lowest BCUT2D eigenvalue weighted by Crippen LogP contribution is -2.42. The summed E-state index contributed by atoms with van der Waals surface area (Å²) in [5, 5.41) is 17.5. The van der Waals surface area contributed by atoms with Crippen LogP contribution in [0.3, 0.4) is 0 Å². The Kier molecular flexibility index (Phi) is 5.74. The van der Waals surface area contributed by atoms with Gasteiger partial charge < -0.3 is 10.4 Å². The number of carbonyl (C=O) groups excluding carboxylic acids is 1. The number of hydrogen-bond donors (Lipinski definition) is 2. The van der Waals surface area contributed by atoms with Crippen LogP contribution in [0.25, 0.3) is 0 Å². The molecule has 0 spiro atoms. The van der Waals surface area contributed by atoms with Gasteiger partial charge >= 0.3 is 0 Å². The van der Waals surface area contributed by atoms with Gasteiger partial charge in [-0.15, -0.1) is 0 Å². The van der Waals surface area contributed by atoms with Gasteiger partial charge in [0.15, 0.2) is 0 Å². The summed E-state index contributed by atoms with van der Waals surface area (Å²) in [6.07, 6.45) is 1.24. The van der Waals surface area contributed by atoms with Crippen LogP contribution in [0.4, 0.5) is 0 Å². The SMILES string of the molecule is CCn1nc(C(C)C)cc1C(=O)NCC(O)(CC)CC. The van der Waals surface area contributed by atoms with Crippen molar-refractivity contribution in [1.29, 1.82) is 0 Å². The molecule has 1 rings (SSSR count). The van der Waals surface area contributed by atoms with Crippen LogP contribution in [0, 0.1) is 0 Å². The van der Waals surface area contributed by atoms with Crippen molar-refractivity contribution in [2.45, 2.75) is 65.5 Å². The molecular formula is C15H27N3O2. The Morgan fingerprint density at radius 3 is 2.45 bits per heavy atom. The van der Waals surface area contributed by atoms with E-state index in [1.807, 2.05) is 26.8 Å². The van der Waals surface area contributed by atoms with Crippen LogP contribution in [0.1, 0.15) is 69.6 Å². The summed E-state index contributed by atoms with van der Waals surface area (Å²) >= 11 is 0. The van der Waals surface area contributed by atoms with Crippen molar-refractivity contribution in [3.05, 3.63) is 17.5 Å². The van der Waals surface area contributed by atoms with E-state index in [0.29, 0.717) is 25.1 Å². The van der Waals surface area contributed by atoms with Crippen molar-refractivity contribution in [1.82, 2.24) is 15.1 Å². The zero-order chi connectivity index (χ0) is 15.3. The second-order valence-electron chi connectivity index (χ2n) is 5.54. The Bertz CT molecular complexity index is 448. The molecule has 1 amide bonds. The summed E-state index contributed by atoms with van der Waals surface area (Å²) in [5.74, 6) is 0.115. The van der Waals surface area contributed by atoms with Crippen molar-refractivity contribution >= 4 is 5.91 Å². The van der Waals surface area contributed by atoms with Gasteiger partial charge in [0.1, 0.15) is 5.69 Å². The first-order chi connectivity index (χ1) is 9.36. The fourth-order valence-corrected chi connectivity index (χ4v) is 1.98. The Balaban J connectivity index is 2.82. The molecule has 5 nitrogen and oxygen atoms in total.